The van der Waals surface area contributed by atoms with Crippen molar-refractivity contribution in [2.24, 2.45) is 0 Å². The molecule has 0 spiro atoms. The molecule has 2 aromatic carbocycles. The van der Waals surface area contributed by atoms with Crippen molar-refractivity contribution in [1.82, 2.24) is 0 Å². The monoisotopic (exact) mass is 276 g/mol. The molecule has 106 valence electrons. The number of rotatable bonds is 1. The van der Waals surface area contributed by atoms with Gasteiger partial charge in [0.05, 0.1) is 0 Å². The number of phenolic OH excluding ortho intramolecular Hbond substituents is 1. The first-order chi connectivity index (χ1) is 10.0. The lowest BCUT2D eigenvalue weighted by Gasteiger charge is -2.22. The predicted octanol–water partition coefficient (Wildman–Crippen LogP) is 5.05. The van der Waals surface area contributed by atoms with Gasteiger partial charge in [0, 0.05) is 0 Å². The Balaban J connectivity index is 1.98. The second-order valence-electron chi connectivity index (χ2n) is 5.85. The summed E-state index contributed by atoms with van der Waals surface area (Å²) < 4.78 is 0. The summed E-state index contributed by atoms with van der Waals surface area (Å²) in [5, 5.41) is 9.94. The highest BCUT2D eigenvalue weighted by Crippen LogP contribution is 2.37. The first-order valence-corrected chi connectivity index (χ1v) is 7.34. The number of allylic oxidation sites excluding steroid dienone is 2. The zero-order valence-electron chi connectivity index (χ0n) is 12.6. The molecule has 0 aromatic heterocycles. The fourth-order valence-corrected chi connectivity index (χ4v) is 2.86. The minimum absolute atomic E-state index is 0.353. The average Bonchev–Trinajstić information content (AvgIpc) is 2.47. The molecule has 1 aliphatic rings. The lowest BCUT2D eigenvalue weighted by atomic mass is 9.82. The zero-order valence-corrected chi connectivity index (χ0v) is 12.6. The standard InChI is InChI=1S/C20H20O/c1-13-4-6-16(7-5-13)11-17-8-9-18-10-14(2)20(21)12-19(18)15(17)3/h4-7,10-12,21H,3,8-9H2,1-2H3/b17-11+. The van der Waals surface area contributed by atoms with Gasteiger partial charge in [-0.05, 0) is 66.2 Å². The summed E-state index contributed by atoms with van der Waals surface area (Å²) in [4.78, 5) is 0. The number of hydrogen-bond donors (Lipinski definition) is 1. The smallest absolute Gasteiger partial charge is 0.119 e. The molecule has 0 atom stereocenters. The van der Waals surface area contributed by atoms with Crippen LogP contribution in [0.1, 0.15) is 34.2 Å². The fraction of sp³-hybridized carbons (Fsp3) is 0.200. The molecule has 0 amide bonds. The van der Waals surface area contributed by atoms with Crippen LogP contribution in [-0.2, 0) is 6.42 Å². The molecule has 21 heavy (non-hydrogen) atoms. The lowest BCUT2D eigenvalue weighted by Crippen LogP contribution is -2.04. The molecular formula is C20H20O. The third-order valence-corrected chi connectivity index (χ3v) is 4.22. The SMILES string of the molecule is C=C1/C(=C/c2ccc(C)cc2)CCc2cc(C)c(O)cc21. The van der Waals surface area contributed by atoms with E-state index in [1.165, 1.54) is 22.3 Å². The van der Waals surface area contributed by atoms with Crippen molar-refractivity contribution in [3.63, 3.8) is 0 Å². The van der Waals surface area contributed by atoms with E-state index in [1.54, 1.807) is 0 Å². The molecule has 1 N–H and O–H groups in total. The molecule has 0 unspecified atom stereocenters. The van der Waals surface area contributed by atoms with Gasteiger partial charge in [0.2, 0.25) is 0 Å². The van der Waals surface area contributed by atoms with Crippen molar-refractivity contribution in [1.29, 1.82) is 0 Å². The molecule has 1 aliphatic carbocycles. The van der Waals surface area contributed by atoms with Crippen molar-refractivity contribution in [2.75, 3.05) is 0 Å². The van der Waals surface area contributed by atoms with Crippen molar-refractivity contribution in [2.45, 2.75) is 26.7 Å². The van der Waals surface area contributed by atoms with Gasteiger partial charge in [-0.3, -0.25) is 0 Å². The van der Waals surface area contributed by atoms with Gasteiger partial charge in [0.1, 0.15) is 5.75 Å². The zero-order chi connectivity index (χ0) is 15.0. The van der Waals surface area contributed by atoms with E-state index in [4.69, 9.17) is 0 Å². The van der Waals surface area contributed by atoms with Gasteiger partial charge < -0.3 is 5.11 Å². The Labute approximate surface area is 126 Å². The normalized spacial score (nSPS) is 16.1. The summed E-state index contributed by atoms with van der Waals surface area (Å²) in [7, 11) is 0. The molecule has 0 saturated heterocycles. The van der Waals surface area contributed by atoms with E-state index >= 15 is 0 Å². The highest BCUT2D eigenvalue weighted by atomic mass is 16.3. The van der Waals surface area contributed by atoms with E-state index in [0.29, 0.717) is 5.75 Å². The Morgan fingerprint density at radius 3 is 2.48 bits per heavy atom. The minimum atomic E-state index is 0.353. The summed E-state index contributed by atoms with van der Waals surface area (Å²) in [6.45, 7) is 8.28. The van der Waals surface area contributed by atoms with Crippen LogP contribution >= 0.6 is 0 Å². The third kappa shape index (κ3) is 2.64. The lowest BCUT2D eigenvalue weighted by molar-refractivity contribution is 0.470. The van der Waals surface area contributed by atoms with E-state index in [-0.39, 0.29) is 0 Å². The van der Waals surface area contributed by atoms with Gasteiger partial charge in [-0.15, -0.1) is 0 Å². The molecule has 0 bridgehead atoms. The molecular weight excluding hydrogens is 256 g/mol. The molecule has 0 saturated carbocycles. The molecule has 3 rings (SSSR count). The van der Waals surface area contributed by atoms with Gasteiger partial charge in [-0.25, -0.2) is 0 Å². The summed E-state index contributed by atoms with van der Waals surface area (Å²) in [6, 6.07) is 12.5. The maximum Gasteiger partial charge on any atom is 0.119 e. The quantitative estimate of drug-likeness (QED) is 0.772. The van der Waals surface area contributed by atoms with Crippen molar-refractivity contribution >= 4 is 11.6 Å². The van der Waals surface area contributed by atoms with Crippen LogP contribution in [0.2, 0.25) is 0 Å². The number of hydrogen-bond acceptors (Lipinski definition) is 1. The van der Waals surface area contributed by atoms with Gasteiger partial charge in [0.15, 0.2) is 0 Å². The van der Waals surface area contributed by atoms with Crippen molar-refractivity contribution in [3.05, 3.63) is 76.4 Å². The van der Waals surface area contributed by atoms with E-state index in [9.17, 15) is 5.11 Å². The van der Waals surface area contributed by atoms with Crippen LogP contribution in [0.25, 0.3) is 11.6 Å². The van der Waals surface area contributed by atoms with Gasteiger partial charge >= 0.3 is 0 Å². The molecule has 0 heterocycles. The topological polar surface area (TPSA) is 20.2 Å². The summed E-state index contributed by atoms with van der Waals surface area (Å²) >= 11 is 0. The van der Waals surface area contributed by atoms with E-state index in [2.05, 4.69) is 49.9 Å². The Kier molecular flexibility index (Phi) is 3.42. The molecule has 2 aromatic rings. The number of aryl methyl sites for hydroxylation is 3. The number of benzene rings is 2. The second kappa shape index (κ2) is 5.25. The fourth-order valence-electron chi connectivity index (χ4n) is 2.86. The Morgan fingerprint density at radius 2 is 1.76 bits per heavy atom. The second-order valence-corrected chi connectivity index (χ2v) is 5.85. The summed E-state index contributed by atoms with van der Waals surface area (Å²) in [5.74, 6) is 0.353. The molecule has 0 radical (unpaired) electrons. The first-order valence-electron chi connectivity index (χ1n) is 7.34. The first kappa shape index (κ1) is 13.7. The number of fused-ring (bicyclic) bond motifs is 1. The maximum atomic E-state index is 9.94. The van der Waals surface area contributed by atoms with Crippen LogP contribution in [0.5, 0.6) is 5.75 Å². The molecule has 0 aliphatic heterocycles. The van der Waals surface area contributed by atoms with Gasteiger partial charge in [-0.2, -0.15) is 0 Å². The Morgan fingerprint density at radius 1 is 1.05 bits per heavy atom. The van der Waals surface area contributed by atoms with Crippen LogP contribution in [0.3, 0.4) is 0 Å². The van der Waals surface area contributed by atoms with Gasteiger partial charge in [-0.1, -0.05) is 48.6 Å². The number of phenols is 1. The van der Waals surface area contributed by atoms with Crippen LogP contribution in [0.4, 0.5) is 0 Å². The summed E-state index contributed by atoms with van der Waals surface area (Å²) in [6.07, 6.45) is 4.22. The Hall–Kier alpha value is -2.28. The van der Waals surface area contributed by atoms with Crippen LogP contribution in [0.15, 0.2) is 48.6 Å². The van der Waals surface area contributed by atoms with E-state index in [0.717, 1.165) is 29.5 Å². The van der Waals surface area contributed by atoms with Gasteiger partial charge in [0.25, 0.3) is 0 Å². The maximum absolute atomic E-state index is 9.94. The highest BCUT2D eigenvalue weighted by molar-refractivity contribution is 5.86. The molecule has 0 fully saturated rings. The Bertz CT molecular complexity index is 733. The van der Waals surface area contributed by atoms with E-state index < -0.39 is 0 Å². The largest absolute Gasteiger partial charge is 0.508 e. The minimum Gasteiger partial charge on any atom is -0.508 e. The van der Waals surface area contributed by atoms with Crippen molar-refractivity contribution in [3.8, 4) is 5.75 Å². The number of aromatic hydroxyl groups is 1. The average molecular weight is 276 g/mol. The molecule has 1 nitrogen and oxygen atoms in total. The molecule has 1 heteroatoms. The van der Waals surface area contributed by atoms with Crippen molar-refractivity contribution < 1.29 is 5.11 Å². The third-order valence-electron chi connectivity index (χ3n) is 4.22. The van der Waals surface area contributed by atoms with Crippen LogP contribution in [0, 0.1) is 13.8 Å². The summed E-state index contributed by atoms with van der Waals surface area (Å²) in [5.41, 5.74) is 8.08. The predicted molar refractivity (Wildman–Crippen MR) is 89.4 cm³/mol. The van der Waals surface area contributed by atoms with Crippen LogP contribution in [-0.4, -0.2) is 5.11 Å². The highest BCUT2D eigenvalue weighted by Gasteiger charge is 2.18. The van der Waals surface area contributed by atoms with Crippen LogP contribution < -0.4 is 0 Å². The van der Waals surface area contributed by atoms with E-state index in [1.807, 2.05) is 13.0 Å².